The Bertz CT molecular complexity index is 327. The van der Waals surface area contributed by atoms with Crippen molar-refractivity contribution in [3.8, 4) is 0 Å². The van der Waals surface area contributed by atoms with Crippen LogP contribution in [0, 0.1) is 6.92 Å². The Morgan fingerprint density at radius 3 is 2.47 bits per heavy atom. The van der Waals surface area contributed by atoms with Gasteiger partial charge in [0, 0.05) is 23.8 Å². The summed E-state index contributed by atoms with van der Waals surface area (Å²) in [6.07, 6.45) is 1.18. The van der Waals surface area contributed by atoms with Gasteiger partial charge in [0.05, 0.1) is 0 Å². The summed E-state index contributed by atoms with van der Waals surface area (Å²) in [6, 6.07) is 9.16. The van der Waals surface area contributed by atoms with E-state index in [9.17, 15) is 0 Å². The van der Waals surface area contributed by atoms with Crippen molar-refractivity contribution in [1.82, 2.24) is 5.32 Å². The largest absolute Gasteiger partial charge is 0.381 e. The molecule has 0 saturated carbocycles. The highest BCUT2D eigenvalue weighted by molar-refractivity contribution is 5.45. The Morgan fingerprint density at radius 1 is 1.27 bits per heavy atom. The van der Waals surface area contributed by atoms with E-state index in [4.69, 9.17) is 0 Å². The third kappa shape index (κ3) is 2.72. The third-order valence-electron chi connectivity index (χ3n) is 3.01. The molecule has 1 saturated heterocycles. The zero-order valence-electron chi connectivity index (χ0n) is 9.80. The molecule has 0 aliphatic carbocycles. The van der Waals surface area contributed by atoms with Gasteiger partial charge in [-0.1, -0.05) is 17.7 Å². The fraction of sp³-hybridized carbons (Fsp3) is 0.538. The van der Waals surface area contributed by atoms with Crippen LogP contribution in [0.4, 0.5) is 5.69 Å². The van der Waals surface area contributed by atoms with Gasteiger partial charge in [-0.15, -0.1) is 0 Å². The molecule has 0 bridgehead atoms. The highest BCUT2D eigenvalue weighted by atomic mass is 15.1. The second kappa shape index (κ2) is 3.86. The smallest absolute Gasteiger partial charge is 0.0403 e. The first kappa shape index (κ1) is 10.5. The molecule has 15 heavy (non-hydrogen) atoms. The van der Waals surface area contributed by atoms with Crippen LogP contribution in [0.3, 0.4) is 0 Å². The van der Waals surface area contributed by atoms with Crippen molar-refractivity contribution >= 4 is 5.69 Å². The van der Waals surface area contributed by atoms with Crippen molar-refractivity contribution in [1.29, 1.82) is 0 Å². The lowest BCUT2D eigenvalue weighted by atomic mass is 10.0. The molecule has 1 aromatic carbocycles. The average Bonchev–Trinajstić information content (AvgIpc) is 2.50. The first-order chi connectivity index (χ1) is 7.05. The van der Waals surface area contributed by atoms with Crippen molar-refractivity contribution in [2.75, 3.05) is 11.9 Å². The van der Waals surface area contributed by atoms with Crippen LogP contribution in [-0.2, 0) is 0 Å². The van der Waals surface area contributed by atoms with Crippen LogP contribution in [0.1, 0.15) is 25.8 Å². The predicted molar refractivity (Wildman–Crippen MR) is 65.3 cm³/mol. The van der Waals surface area contributed by atoms with Crippen LogP contribution >= 0.6 is 0 Å². The molecule has 1 heterocycles. The van der Waals surface area contributed by atoms with Crippen molar-refractivity contribution in [3.63, 3.8) is 0 Å². The molecule has 0 spiro atoms. The molecule has 0 radical (unpaired) electrons. The van der Waals surface area contributed by atoms with Gasteiger partial charge in [-0.3, -0.25) is 0 Å². The summed E-state index contributed by atoms with van der Waals surface area (Å²) in [4.78, 5) is 0. The SMILES string of the molecule is Cc1ccc(NC2CNC(C)(C)C2)cc1. The summed E-state index contributed by atoms with van der Waals surface area (Å²) in [6.45, 7) is 7.68. The van der Waals surface area contributed by atoms with E-state index in [-0.39, 0.29) is 5.54 Å². The van der Waals surface area contributed by atoms with Gasteiger partial charge in [-0.2, -0.15) is 0 Å². The molecule has 2 nitrogen and oxygen atoms in total. The van der Waals surface area contributed by atoms with Gasteiger partial charge < -0.3 is 10.6 Å². The Morgan fingerprint density at radius 2 is 1.93 bits per heavy atom. The van der Waals surface area contributed by atoms with Crippen molar-refractivity contribution in [2.24, 2.45) is 0 Å². The Kier molecular flexibility index (Phi) is 2.70. The summed E-state index contributed by atoms with van der Waals surface area (Å²) in [5, 5.41) is 7.08. The fourth-order valence-electron chi connectivity index (χ4n) is 2.15. The van der Waals surface area contributed by atoms with Crippen LogP contribution in [0.25, 0.3) is 0 Å². The predicted octanol–water partition coefficient (Wildman–Crippen LogP) is 2.55. The molecule has 0 aromatic heterocycles. The lowest BCUT2D eigenvalue weighted by Gasteiger charge is -2.18. The van der Waals surface area contributed by atoms with Gasteiger partial charge in [-0.05, 0) is 39.3 Å². The number of hydrogen-bond acceptors (Lipinski definition) is 2. The first-order valence-electron chi connectivity index (χ1n) is 5.63. The zero-order valence-corrected chi connectivity index (χ0v) is 9.80. The number of rotatable bonds is 2. The number of anilines is 1. The highest BCUT2D eigenvalue weighted by Crippen LogP contribution is 2.21. The number of benzene rings is 1. The molecule has 2 N–H and O–H groups in total. The zero-order chi connectivity index (χ0) is 10.9. The van der Waals surface area contributed by atoms with Gasteiger partial charge in [0.25, 0.3) is 0 Å². The summed E-state index contributed by atoms with van der Waals surface area (Å²) in [7, 11) is 0. The van der Waals surface area contributed by atoms with Gasteiger partial charge in [0.1, 0.15) is 0 Å². The van der Waals surface area contributed by atoms with E-state index in [1.54, 1.807) is 0 Å². The summed E-state index contributed by atoms with van der Waals surface area (Å²) >= 11 is 0. The van der Waals surface area contributed by atoms with Crippen molar-refractivity contribution in [2.45, 2.75) is 38.8 Å². The number of nitrogens with one attached hydrogen (secondary N) is 2. The molecule has 82 valence electrons. The van der Waals surface area contributed by atoms with Gasteiger partial charge in [0.15, 0.2) is 0 Å². The van der Waals surface area contributed by atoms with E-state index in [2.05, 4.69) is 55.7 Å². The van der Waals surface area contributed by atoms with E-state index < -0.39 is 0 Å². The lowest BCUT2D eigenvalue weighted by Crippen LogP contribution is -2.31. The molecular weight excluding hydrogens is 184 g/mol. The van der Waals surface area contributed by atoms with E-state index in [1.165, 1.54) is 17.7 Å². The normalized spacial score (nSPS) is 24.1. The van der Waals surface area contributed by atoms with Gasteiger partial charge >= 0.3 is 0 Å². The quantitative estimate of drug-likeness (QED) is 0.773. The molecule has 1 aliphatic heterocycles. The Labute approximate surface area is 92.1 Å². The molecule has 1 unspecified atom stereocenters. The van der Waals surface area contributed by atoms with Crippen LogP contribution in [0.15, 0.2) is 24.3 Å². The minimum atomic E-state index is 0.280. The van der Waals surface area contributed by atoms with Crippen LogP contribution in [-0.4, -0.2) is 18.1 Å². The molecule has 2 heteroatoms. The monoisotopic (exact) mass is 204 g/mol. The molecule has 1 fully saturated rings. The molecular formula is C13H20N2. The third-order valence-corrected chi connectivity index (χ3v) is 3.01. The Balaban J connectivity index is 1.96. The fourth-order valence-corrected chi connectivity index (χ4v) is 2.15. The summed E-state index contributed by atoms with van der Waals surface area (Å²) in [5.41, 5.74) is 2.82. The minimum absolute atomic E-state index is 0.280. The highest BCUT2D eigenvalue weighted by Gasteiger charge is 2.29. The van der Waals surface area contributed by atoms with Crippen molar-refractivity contribution in [3.05, 3.63) is 29.8 Å². The number of aryl methyl sites for hydroxylation is 1. The summed E-state index contributed by atoms with van der Waals surface area (Å²) < 4.78 is 0. The topological polar surface area (TPSA) is 24.1 Å². The number of hydrogen-bond donors (Lipinski definition) is 2. The van der Waals surface area contributed by atoms with Gasteiger partial charge in [-0.25, -0.2) is 0 Å². The van der Waals surface area contributed by atoms with Crippen molar-refractivity contribution < 1.29 is 0 Å². The maximum absolute atomic E-state index is 3.56. The first-order valence-corrected chi connectivity index (χ1v) is 5.63. The minimum Gasteiger partial charge on any atom is -0.381 e. The molecule has 2 rings (SSSR count). The second-order valence-electron chi connectivity index (χ2n) is 5.18. The van der Waals surface area contributed by atoms with E-state index in [0.717, 1.165) is 6.54 Å². The Hall–Kier alpha value is -1.02. The van der Waals surface area contributed by atoms with Crippen LogP contribution < -0.4 is 10.6 Å². The molecule has 1 atom stereocenters. The molecule has 1 aliphatic rings. The van der Waals surface area contributed by atoms with Crippen LogP contribution in [0.5, 0.6) is 0 Å². The van der Waals surface area contributed by atoms with E-state index in [0.29, 0.717) is 6.04 Å². The summed E-state index contributed by atoms with van der Waals surface area (Å²) in [5.74, 6) is 0. The van der Waals surface area contributed by atoms with E-state index in [1.807, 2.05) is 0 Å². The average molecular weight is 204 g/mol. The lowest BCUT2D eigenvalue weighted by molar-refractivity contribution is 0.457. The maximum atomic E-state index is 3.56. The van der Waals surface area contributed by atoms with E-state index >= 15 is 0 Å². The van der Waals surface area contributed by atoms with Gasteiger partial charge in [0.2, 0.25) is 0 Å². The standard InChI is InChI=1S/C13H20N2/c1-10-4-6-11(7-5-10)15-12-8-13(2,3)14-9-12/h4-7,12,14-15H,8-9H2,1-3H3. The molecule has 1 aromatic rings. The second-order valence-corrected chi connectivity index (χ2v) is 5.18. The van der Waals surface area contributed by atoms with Crippen LogP contribution in [0.2, 0.25) is 0 Å². The molecule has 0 amide bonds. The maximum Gasteiger partial charge on any atom is 0.0403 e.